The van der Waals surface area contributed by atoms with Crippen molar-refractivity contribution in [3.63, 3.8) is 0 Å². The maximum Gasteiger partial charge on any atom is 1.00 e. The minimum absolute atomic E-state index is 0. The molecular formula is C10H14Na2O4. The minimum atomic E-state index is -1.17. The first-order valence-electron chi connectivity index (χ1n) is 4.66. The molecule has 80 valence electrons. The van der Waals surface area contributed by atoms with Gasteiger partial charge in [-0.3, -0.25) is 0 Å². The summed E-state index contributed by atoms with van der Waals surface area (Å²) in [6.07, 6.45) is 0.681. The van der Waals surface area contributed by atoms with Gasteiger partial charge in [0, 0.05) is 23.3 Å². The van der Waals surface area contributed by atoms with Crippen LogP contribution in [0, 0.1) is 16.7 Å². The van der Waals surface area contributed by atoms with E-state index in [9.17, 15) is 19.8 Å². The fraction of sp³-hybridized carbons (Fsp3) is 0.800. The molecule has 1 fully saturated rings. The van der Waals surface area contributed by atoms with E-state index in [1.165, 1.54) is 0 Å². The van der Waals surface area contributed by atoms with Crippen LogP contribution in [0.1, 0.15) is 33.6 Å². The third kappa shape index (κ3) is 2.85. The largest absolute Gasteiger partial charge is 1.00 e. The van der Waals surface area contributed by atoms with Crippen molar-refractivity contribution in [1.29, 1.82) is 0 Å². The van der Waals surface area contributed by atoms with Gasteiger partial charge in [-0.1, -0.05) is 20.8 Å². The molecule has 6 heteroatoms. The Morgan fingerprint density at radius 1 is 1.12 bits per heavy atom. The monoisotopic (exact) mass is 244 g/mol. The van der Waals surface area contributed by atoms with E-state index in [4.69, 9.17) is 0 Å². The fourth-order valence-corrected chi connectivity index (χ4v) is 2.28. The first-order valence-corrected chi connectivity index (χ1v) is 4.66. The van der Waals surface area contributed by atoms with Gasteiger partial charge in [0.15, 0.2) is 0 Å². The van der Waals surface area contributed by atoms with Crippen LogP contribution >= 0.6 is 0 Å². The zero-order valence-electron chi connectivity index (χ0n) is 10.6. The van der Waals surface area contributed by atoms with Crippen LogP contribution in [0.15, 0.2) is 0 Å². The summed E-state index contributed by atoms with van der Waals surface area (Å²) in [7, 11) is 0. The van der Waals surface area contributed by atoms with Crippen molar-refractivity contribution in [3.05, 3.63) is 0 Å². The Bertz CT molecular complexity index is 291. The summed E-state index contributed by atoms with van der Waals surface area (Å²) < 4.78 is 0. The Morgan fingerprint density at radius 3 is 1.75 bits per heavy atom. The number of aliphatic carboxylic acids is 2. The molecule has 16 heavy (non-hydrogen) atoms. The van der Waals surface area contributed by atoms with Crippen LogP contribution in [0.5, 0.6) is 0 Å². The third-order valence-electron chi connectivity index (χ3n) is 3.96. The summed E-state index contributed by atoms with van der Waals surface area (Å²) in [5.74, 6) is -3.04. The number of carbonyl (C=O) groups is 2. The van der Waals surface area contributed by atoms with E-state index in [1.54, 1.807) is 20.8 Å². The van der Waals surface area contributed by atoms with Crippen LogP contribution in [0.2, 0.25) is 0 Å². The van der Waals surface area contributed by atoms with Gasteiger partial charge < -0.3 is 19.8 Å². The summed E-state index contributed by atoms with van der Waals surface area (Å²) in [6.45, 7) is 4.85. The van der Waals surface area contributed by atoms with E-state index in [0.29, 0.717) is 12.8 Å². The maximum absolute atomic E-state index is 11.0. The number of hydrogen-bond acceptors (Lipinski definition) is 4. The fourth-order valence-electron chi connectivity index (χ4n) is 2.28. The Balaban J connectivity index is 0. The molecule has 0 amide bonds. The molecule has 0 aliphatic heterocycles. The van der Waals surface area contributed by atoms with Crippen LogP contribution in [0.4, 0.5) is 0 Å². The Labute approximate surface area is 140 Å². The molecule has 2 atom stereocenters. The first-order chi connectivity index (χ1) is 6.23. The first kappa shape index (κ1) is 19.3. The van der Waals surface area contributed by atoms with Gasteiger partial charge >= 0.3 is 59.1 Å². The number of hydrogen-bond donors (Lipinski definition) is 0. The van der Waals surface area contributed by atoms with Crippen molar-refractivity contribution in [2.75, 3.05) is 0 Å². The minimum Gasteiger partial charge on any atom is -0.550 e. The van der Waals surface area contributed by atoms with Gasteiger partial charge in [-0.15, -0.1) is 0 Å². The molecule has 0 bridgehead atoms. The van der Waals surface area contributed by atoms with Crippen molar-refractivity contribution >= 4 is 11.9 Å². The van der Waals surface area contributed by atoms with Crippen molar-refractivity contribution in [2.45, 2.75) is 33.6 Å². The van der Waals surface area contributed by atoms with Crippen LogP contribution < -0.4 is 69.3 Å². The summed E-state index contributed by atoms with van der Waals surface area (Å²) in [4.78, 5) is 21.8. The van der Waals surface area contributed by atoms with Crippen molar-refractivity contribution in [2.24, 2.45) is 16.7 Å². The average molecular weight is 244 g/mol. The van der Waals surface area contributed by atoms with E-state index >= 15 is 0 Å². The molecule has 0 spiro atoms. The molecule has 0 heterocycles. The zero-order chi connectivity index (χ0) is 11.1. The molecule has 0 aromatic rings. The second-order valence-corrected chi connectivity index (χ2v) is 4.75. The van der Waals surface area contributed by atoms with E-state index in [1.807, 2.05) is 0 Å². The molecule has 0 aromatic carbocycles. The predicted octanol–water partition coefficient (Wildman–Crippen LogP) is -7.06. The Kier molecular flexibility index (Phi) is 7.48. The second-order valence-electron chi connectivity index (χ2n) is 4.75. The zero-order valence-corrected chi connectivity index (χ0v) is 14.6. The number of rotatable bonds is 2. The van der Waals surface area contributed by atoms with Gasteiger partial charge in [-0.25, -0.2) is 0 Å². The van der Waals surface area contributed by atoms with Gasteiger partial charge in [0.1, 0.15) is 0 Å². The van der Waals surface area contributed by atoms with Gasteiger partial charge in [0.25, 0.3) is 0 Å². The molecule has 1 aliphatic rings. The van der Waals surface area contributed by atoms with Crippen LogP contribution in [0.25, 0.3) is 0 Å². The molecule has 2 unspecified atom stereocenters. The summed E-state index contributed by atoms with van der Waals surface area (Å²) >= 11 is 0. The molecule has 1 saturated carbocycles. The van der Waals surface area contributed by atoms with E-state index in [-0.39, 0.29) is 59.1 Å². The SMILES string of the molecule is CC1(C(=O)[O-])CCC(C(=O)[O-])C1(C)C.[Na+].[Na+]. The van der Waals surface area contributed by atoms with Gasteiger partial charge in [-0.05, 0) is 18.3 Å². The molecule has 1 aliphatic carbocycles. The summed E-state index contributed by atoms with van der Waals surface area (Å²) in [5.41, 5.74) is -1.89. The van der Waals surface area contributed by atoms with Crippen molar-refractivity contribution < 1.29 is 78.9 Å². The topological polar surface area (TPSA) is 80.3 Å². The standard InChI is InChI=1S/C10H16O4.2Na/c1-9(2)6(7(11)12)4-5-10(9,3)8(13)14;;/h6H,4-5H2,1-3H3,(H,11,12)(H,13,14);;/q;2*+1/p-2. The van der Waals surface area contributed by atoms with E-state index in [2.05, 4.69) is 0 Å². The molecule has 0 N–H and O–H groups in total. The summed E-state index contributed by atoms with van der Waals surface area (Å²) in [5, 5.41) is 21.8. The molecule has 1 rings (SSSR count). The summed E-state index contributed by atoms with van der Waals surface area (Å²) in [6, 6.07) is 0. The molecule has 0 radical (unpaired) electrons. The molecule has 0 aromatic heterocycles. The van der Waals surface area contributed by atoms with Crippen molar-refractivity contribution in [1.82, 2.24) is 0 Å². The number of carboxylic acid groups (broad SMARTS) is 2. The van der Waals surface area contributed by atoms with Gasteiger partial charge in [0.2, 0.25) is 0 Å². The average Bonchev–Trinajstić information content (AvgIpc) is 2.24. The predicted molar refractivity (Wildman–Crippen MR) is 44.6 cm³/mol. The smallest absolute Gasteiger partial charge is 0.550 e. The van der Waals surface area contributed by atoms with Crippen molar-refractivity contribution in [3.8, 4) is 0 Å². The molecule has 0 saturated heterocycles. The van der Waals surface area contributed by atoms with Crippen LogP contribution in [0.3, 0.4) is 0 Å². The number of carboxylic acids is 2. The third-order valence-corrected chi connectivity index (χ3v) is 3.96. The maximum atomic E-state index is 11.0. The van der Waals surface area contributed by atoms with Gasteiger partial charge in [-0.2, -0.15) is 0 Å². The molecular weight excluding hydrogens is 230 g/mol. The Morgan fingerprint density at radius 2 is 1.56 bits per heavy atom. The quantitative estimate of drug-likeness (QED) is 0.452. The Hall–Kier alpha value is 0.940. The van der Waals surface area contributed by atoms with E-state index < -0.39 is 28.7 Å². The van der Waals surface area contributed by atoms with Crippen LogP contribution in [-0.2, 0) is 9.59 Å². The molecule has 4 nitrogen and oxygen atoms in total. The van der Waals surface area contributed by atoms with Gasteiger partial charge in [0.05, 0.1) is 0 Å². The van der Waals surface area contributed by atoms with Crippen LogP contribution in [-0.4, -0.2) is 11.9 Å². The number of carbonyl (C=O) groups excluding carboxylic acids is 2. The van der Waals surface area contributed by atoms with E-state index in [0.717, 1.165) is 0 Å². The second kappa shape index (κ2) is 6.21. The normalized spacial score (nSPS) is 31.1.